The van der Waals surface area contributed by atoms with Crippen LogP contribution in [0.4, 0.5) is 0 Å². The van der Waals surface area contributed by atoms with Gasteiger partial charge < -0.3 is 4.84 Å². The highest BCUT2D eigenvalue weighted by molar-refractivity contribution is 5.80. The summed E-state index contributed by atoms with van der Waals surface area (Å²) in [6.45, 7) is 1.99. The standard InChI is InChI=1S/C14H14N2O/c1-11-4-3-5-14(16-11)13-8-6-12(7-9-13)10-15-17-2/h3-10H,1-2H3/b15-10+. The minimum Gasteiger partial charge on any atom is -0.399 e. The van der Waals surface area contributed by atoms with Crippen molar-refractivity contribution in [1.29, 1.82) is 0 Å². The maximum atomic E-state index is 4.63. The topological polar surface area (TPSA) is 34.5 Å². The van der Waals surface area contributed by atoms with Crippen LogP contribution < -0.4 is 0 Å². The van der Waals surface area contributed by atoms with Gasteiger partial charge in [-0.05, 0) is 24.6 Å². The Bertz CT molecular complexity index is 518. The normalized spacial score (nSPS) is 10.7. The zero-order chi connectivity index (χ0) is 12.1. The summed E-state index contributed by atoms with van der Waals surface area (Å²) < 4.78 is 0. The van der Waals surface area contributed by atoms with Crippen LogP contribution in [0.5, 0.6) is 0 Å². The van der Waals surface area contributed by atoms with Crippen molar-refractivity contribution in [2.45, 2.75) is 6.92 Å². The van der Waals surface area contributed by atoms with Gasteiger partial charge in [0.1, 0.15) is 7.11 Å². The van der Waals surface area contributed by atoms with E-state index in [1.54, 1.807) is 6.21 Å². The second kappa shape index (κ2) is 5.25. The summed E-state index contributed by atoms with van der Waals surface area (Å²) in [7, 11) is 1.53. The van der Waals surface area contributed by atoms with E-state index >= 15 is 0 Å². The van der Waals surface area contributed by atoms with Crippen molar-refractivity contribution in [2.24, 2.45) is 5.16 Å². The molecule has 0 bridgehead atoms. The molecule has 0 saturated heterocycles. The van der Waals surface area contributed by atoms with E-state index in [0.717, 1.165) is 22.5 Å². The highest BCUT2D eigenvalue weighted by Crippen LogP contribution is 2.17. The molecule has 17 heavy (non-hydrogen) atoms. The van der Waals surface area contributed by atoms with Crippen LogP contribution in [0.25, 0.3) is 11.3 Å². The first kappa shape index (κ1) is 11.3. The van der Waals surface area contributed by atoms with Crippen molar-refractivity contribution < 1.29 is 4.84 Å². The van der Waals surface area contributed by atoms with Crippen LogP contribution in [-0.4, -0.2) is 18.3 Å². The van der Waals surface area contributed by atoms with E-state index in [0.29, 0.717) is 0 Å². The lowest BCUT2D eigenvalue weighted by atomic mass is 10.1. The minimum absolute atomic E-state index is 0.986. The zero-order valence-corrected chi connectivity index (χ0v) is 9.92. The molecule has 0 aliphatic rings. The Morgan fingerprint density at radius 3 is 2.53 bits per heavy atom. The summed E-state index contributed by atoms with van der Waals surface area (Å²) in [5, 5.41) is 3.72. The fourth-order valence-corrected chi connectivity index (χ4v) is 1.56. The molecule has 0 amide bonds. The Morgan fingerprint density at radius 2 is 1.88 bits per heavy atom. The van der Waals surface area contributed by atoms with E-state index in [-0.39, 0.29) is 0 Å². The molecule has 0 radical (unpaired) electrons. The fourth-order valence-electron chi connectivity index (χ4n) is 1.56. The molecule has 86 valence electrons. The number of aryl methyl sites for hydroxylation is 1. The third kappa shape index (κ3) is 2.91. The van der Waals surface area contributed by atoms with Gasteiger partial charge in [0.2, 0.25) is 0 Å². The maximum absolute atomic E-state index is 4.63. The molecule has 2 rings (SSSR count). The van der Waals surface area contributed by atoms with Crippen molar-refractivity contribution in [1.82, 2.24) is 4.98 Å². The predicted octanol–water partition coefficient (Wildman–Crippen LogP) is 3.04. The van der Waals surface area contributed by atoms with Crippen LogP contribution in [0.3, 0.4) is 0 Å². The fraction of sp³-hybridized carbons (Fsp3) is 0.143. The molecule has 0 atom stereocenters. The van der Waals surface area contributed by atoms with Gasteiger partial charge in [0.05, 0.1) is 11.9 Å². The maximum Gasteiger partial charge on any atom is 0.106 e. The number of aromatic nitrogens is 1. The average Bonchev–Trinajstić information content (AvgIpc) is 2.37. The first-order valence-electron chi connectivity index (χ1n) is 5.40. The molecule has 0 saturated carbocycles. The number of hydrogen-bond acceptors (Lipinski definition) is 3. The molecule has 0 aliphatic heterocycles. The highest BCUT2D eigenvalue weighted by Gasteiger charge is 1.98. The van der Waals surface area contributed by atoms with Crippen molar-refractivity contribution in [3.05, 3.63) is 53.7 Å². The van der Waals surface area contributed by atoms with E-state index in [1.807, 2.05) is 49.4 Å². The lowest BCUT2D eigenvalue weighted by molar-refractivity contribution is 0.215. The van der Waals surface area contributed by atoms with Crippen LogP contribution in [0.2, 0.25) is 0 Å². The van der Waals surface area contributed by atoms with E-state index in [9.17, 15) is 0 Å². The predicted molar refractivity (Wildman–Crippen MR) is 69.0 cm³/mol. The lowest BCUT2D eigenvalue weighted by Gasteiger charge is -2.02. The molecule has 1 heterocycles. The van der Waals surface area contributed by atoms with Crippen LogP contribution in [-0.2, 0) is 4.84 Å². The van der Waals surface area contributed by atoms with E-state index in [2.05, 4.69) is 15.0 Å². The smallest absolute Gasteiger partial charge is 0.106 e. The number of benzene rings is 1. The van der Waals surface area contributed by atoms with Crippen molar-refractivity contribution in [3.63, 3.8) is 0 Å². The van der Waals surface area contributed by atoms with Crippen molar-refractivity contribution in [3.8, 4) is 11.3 Å². The molecular weight excluding hydrogens is 212 g/mol. The molecule has 0 aliphatic carbocycles. The molecule has 1 aromatic carbocycles. The molecule has 0 unspecified atom stereocenters. The summed E-state index contributed by atoms with van der Waals surface area (Å²) in [5.41, 5.74) is 4.11. The summed E-state index contributed by atoms with van der Waals surface area (Å²) in [6.07, 6.45) is 1.67. The molecule has 3 nitrogen and oxygen atoms in total. The molecule has 3 heteroatoms. The van der Waals surface area contributed by atoms with Crippen molar-refractivity contribution in [2.75, 3.05) is 7.11 Å². The Morgan fingerprint density at radius 1 is 1.12 bits per heavy atom. The van der Waals surface area contributed by atoms with Gasteiger partial charge in [-0.2, -0.15) is 0 Å². The molecule has 2 aromatic rings. The first-order valence-corrected chi connectivity index (χ1v) is 5.40. The molecule has 1 aromatic heterocycles. The average molecular weight is 226 g/mol. The summed E-state index contributed by atoms with van der Waals surface area (Å²) >= 11 is 0. The van der Waals surface area contributed by atoms with Gasteiger partial charge in [0.15, 0.2) is 0 Å². The van der Waals surface area contributed by atoms with Gasteiger partial charge >= 0.3 is 0 Å². The van der Waals surface area contributed by atoms with E-state index in [1.165, 1.54) is 7.11 Å². The van der Waals surface area contributed by atoms with Crippen molar-refractivity contribution >= 4 is 6.21 Å². The Hall–Kier alpha value is -2.16. The number of nitrogens with zero attached hydrogens (tertiary/aromatic N) is 2. The van der Waals surface area contributed by atoms with Crippen LogP contribution in [0, 0.1) is 6.92 Å². The quantitative estimate of drug-likeness (QED) is 0.595. The SMILES string of the molecule is CO/N=C/c1ccc(-c2cccc(C)n2)cc1. The van der Waals surface area contributed by atoms with Gasteiger partial charge in [-0.1, -0.05) is 35.5 Å². The monoisotopic (exact) mass is 226 g/mol. The largest absolute Gasteiger partial charge is 0.399 e. The third-order valence-corrected chi connectivity index (χ3v) is 2.40. The van der Waals surface area contributed by atoms with E-state index in [4.69, 9.17) is 0 Å². The number of rotatable bonds is 3. The lowest BCUT2D eigenvalue weighted by Crippen LogP contribution is -1.87. The molecular formula is C14H14N2O. The van der Waals surface area contributed by atoms with Gasteiger partial charge in [0, 0.05) is 11.3 Å². The highest BCUT2D eigenvalue weighted by atomic mass is 16.6. The van der Waals surface area contributed by atoms with Crippen LogP contribution in [0.15, 0.2) is 47.6 Å². The molecule has 0 N–H and O–H groups in total. The van der Waals surface area contributed by atoms with Gasteiger partial charge in [-0.15, -0.1) is 0 Å². The number of hydrogen-bond donors (Lipinski definition) is 0. The second-order valence-electron chi connectivity index (χ2n) is 3.70. The Labute approximate surface area is 101 Å². The Balaban J connectivity index is 2.26. The third-order valence-electron chi connectivity index (χ3n) is 2.40. The van der Waals surface area contributed by atoms with Crippen LogP contribution in [0.1, 0.15) is 11.3 Å². The van der Waals surface area contributed by atoms with Crippen LogP contribution >= 0.6 is 0 Å². The van der Waals surface area contributed by atoms with Gasteiger partial charge in [-0.3, -0.25) is 4.98 Å². The first-order chi connectivity index (χ1) is 8.29. The van der Waals surface area contributed by atoms with Gasteiger partial charge in [0.25, 0.3) is 0 Å². The summed E-state index contributed by atoms with van der Waals surface area (Å²) in [6, 6.07) is 14.0. The van der Waals surface area contributed by atoms with E-state index < -0.39 is 0 Å². The minimum atomic E-state index is 0.986. The number of oxime groups is 1. The number of pyridine rings is 1. The summed E-state index contributed by atoms with van der Waals surface area (Å²) in [4.78, 5) is 9.11. The molecule has 0 spiro atoms. The Kier molecular flexibility index (Phi) is 3.50. The van der Waals surface area contributed by atoms with Gasteiger partial charge in [-0.25, -0.2) is 0 Å². The second-order valence-corrected chi connectivity index (χ2v) is 3.70. The zero-order valence-electron chi connectivity index (χ0n) is 9.92. The molecule has 0 fully saturated rings. The summed E-state index contributed by atoms with van der Waals surface area (Å²) in [5.74, 6) is 0.